The fraction of sp³-hybridized carbons (Fsp3) is 0.176. The van der Waals surface area contributed by atoms with Gasteiger partial charge in [-0.2, -0.15) is 0 Å². The van der Waals surface area contributed by atoms with Crippen LogP contribution in [0, 0.1) is 0 Å². The van der Waals surface area contributed by atoms with E-state index >= 15 is 0 Å². The van der Waals surface area contributed by atoms with Crippen LogP contribution in [0.25, 0.3) is 6.08 Å². The van der Waals surface area contributed by atoms with Crippen LogP contribution in [0.5, 0.6) is 0 Å². The topological polar surface area (TPSA) is 83.8 Å². The molecule has 0 amide bonds. The van der Waals surface area contributed by atoms with Gasteiger partial charge in [-0.25, -0.2) is 0 Å². The Morgan fingerprint density at radius 2 is 1.86 bits per heavy atom. The zero-order valence-electron chi connectivity index (χ0n) is 12.2. The molecular formula is C17H16O5. The summed E-state index contributed by atoms with van der Waals surface area (Å²) in [4.78, 5) is 24.2. The Balaban J connectivity index is 2.42. The normalized spacial score (nSPS) is 24.4. The van der Waals surface area contributed by atoms with Crippen LogP contribution in [0.3, 0.4) is 0 Å². The molecule has 1 aliphatic carbocycles. The number of hydrogen-bond donors (Lipinski definition) is 2. The maximum atomic E-state index is 12.2. The van der Waals surface area contributed by atoms with Crippen molar-refractivity contribution in [1.82, 2.24) is 0 Å². The molecule has 1 aliphatic rings. The third-order valence-electron chi connectivity index (χ3n) is 3.37. The molecule has 22 heavy (non-hydrogen) atoms. The maximum absolute atomic E-state index is 12.2. The van der Waals surface area contributed by atoms with Gasteiger partial charge in [-0.05, 0) is 18.6 Å². The third-order valence-corrected chi connectivity index (χ3v) is 3.37. The zero-order chi connectivity index (χ0) is 16.3. The van der Waals surface area contributed by atoms with Crippen molar-refractivity contribution in [3.8, 4) is 0 Å². The molecule has 0 saturated heterocycles. The van der Waals surface area contributed by atoms with Crippen LogP contribution in [0.4, 0.5) is 0 Å². The van der Waals surface area contributed by atoms with Gasteiger partial charge in [-0.3, -0.25) is 9.59 Å². The standard InChI is InChI=1S/C17H16O5/c1-17(21)14(22-2)10-13(19)15(16(17)20)12(18)9-8-11-6-4-3-5-7-11/h3-10,18,21H,1-2H3/t17-/m1/s1. The molecule has 0 unspecified atom stereocenters. The molecule has 0 bridgehead atoms. The molecule has 0 aliphatic heterocycles. The summed E-state index contributed by atoms with van der Waals surface area (Å²) in [5, 5.41) is 20.2. The average Bonchev–Trinajstić information content (AvgIpc) is 2.50. The number of rotatable bonds is 3. The molecule has 5 heteroatoms. The van der Waals surface area contributed by atoms with Crippen molar-refractivity contribution in [3.05, 3.63) is 65.1 Å². The first-order valence-corrected chi connectivity index (χ1v) is 6.62. The van der Waals surface area contributed by atoms with E-state index in [9.17, 15) is 19.8 Å². The summed E-state index contributed by atoms with van der Waals surface area (Å²) < 4.78 is 4.85. The van der Waals surface area contributed by atoms with Crippen LogP contribution in [-0.4, -0.2) is 34.5 Å². The summed E-state index contributed by atoms with van der Waals surface area (Å²) in [5.41, 5.74) is -1.64. The van der Waals surface area contributed by atoms with E-state index in [1.54, 1.807) is 18.2 Å². The first-order chi connectivity index (χ1) is 10.4. The smallest absolute Gasteiger partial charge is 0.209 e. The van der Waals surface area contributed by atoms with Gasteiger partial charge in [0, 0.05) is 6.08 Å². The molecule has 0 heterocycles. The van der Waals surface area contributed by atoms with E-state index < -0.39 is 28.5 Å². The van der Waals surface area contributed by atoms with Gasteiger partial charge in [0.25, 0.3) is 0 Å². The van der Waals surface area contributed by atoms with Crippen molar-refractivity contribution in [2.24, 2.45) is 0 Å². The monoisotopic (exact) mass is 300 g/mol. The van der Waals surface area contributed by atoms with Gasteiger partial charge >= 0.3 is 0 Å². The zero-order valence-corrected chi connectivity index (χ0v) is 12.2. The van der Waals surface area contributed by atoms with Crippen LogP contribution in [0.2, 0.25) is 0 Å². The Labute approximate surface area is 127 Å². The highest BCUT2D eigenvalue weighted by Crippen LogP contribution is 2.29. The molecule has 1 atom stereocenters. The number of Topliss-reactive ketones (excluding diaryl/α,β-unsaturated/α-hetero) is 1. The van der Waals surface area contributed by atoms with Crippen molar-refractivity contribution < 1.29 is 24.5 Å². The largest absolute Gasteiger partial charge is 0.507 e. The molecular weight excluding hydrogens is 284 g/mol. The lowest BCUT2D eigenvalue weighted by atomic mass is 9.84. The molecule has 114 valence electrons. The lowest BCUT2D eigenvalue weighted by Gasteiger charge is -2.28. The highest BCUT2D eigenvalue weighted by atomic mass is 16.5. The van der Waals surface area contributed by atoms with Gasteiger partial charge in [0.15, 0.2) is 11.4 Å². The van der Waals surface area contributed by atoms with Crippen molar-refractivity contribution in [3.63, 3.8) is 0 Å². The quantitative estimate of drug-likeness (QED) is 0.506. The van der Waals surface area contributed by atoms with E-state index in [1.165, 1.54) is 20.1 Å². The van der Waals surface area contributed by atoms with Gasteiger partial charge in [-0.15, -0.1) is 0 Å². The highest BCUT2D eigenvalue weighted by molar-refractivity contribution is 6.30. The lowest BCUT2D eigenvalue weighted by Crippen LogP contribution is -2.44. The Morgan fingerprint density at radius 1 is 1.23 bits per heavy atom. The molecule has 0 radical (unpaired) electrons. The van der Waals surface area contributed by atoms with Gasteiger partial charge < -0.3 is 14.9 Å². The minimum atomic E-state index is -1.98. The van der Waals surface area contributed by atoms with Gasteiger partial charge in [0.2, 0.25) is 5.78 Å². The van der Waals surface area contributed by atoms with E-state index in [0.29, 0.717) is 0 Å². The molecule has 0 fully saturated rings. The minimum absolute atomic E-state index is 0.147. The molecule has 1 aromatic carbocycles. The van der Waals surface area contributed by atoms with E-state index in [-0.39, 0.29) is 5.76 Å². The Bertz CT molecular complexity index is 693. The van der Waals surface area contributed by atoms with E-state index in [1.807, 2.05) is 18.2 Å². The predicted octanol–water partition coefficient (Wildman–Crippen LogP) is 1.94. The van der Waals surface area contributed by atoms with E-state index in [4.69, 9.17) is 4.74 Å². The third kappa shape index (κ3) is 2.84. The number of methoxy groups -OCH3 is 1. The van der Waals surface area contributed by atoms with E-state index in [0.717, 1.165) is 11.6 Å². The number of carbonyl (C=O) groups excluding carboxylic acids is 2. The van der Waals surface area contributed by atoms with Crippen LogP contribution in [-0.2, 0) is 14.3 Å². The number of aliphatic hydroxyl groups is 2. The van der Waals surface area contributed by atoms with E-state index in [2.05, 4.69) is 0 Å². The molecule has 1 aromatic rings. The molecule has 2 N–H and O–H groups in total. The fourth-order valence-electron chi connectivity index (χ4n) is 2.12. The average molecular weight is 300 g/mol. The Morgan fingerprint density at radius 3 is 2.45 bits per heavy atom. The summed E-state index contributed by atoms with van der Waals surface area (Å²) in [6, 6.07) is 9.09. The first kappa shape index (κ1) is 15.7. The van der Waals surface area contributed by atoms with Crippen LogP contribution < -0.4 is 0 Å². The second-order valence-electron chi connectivity index (χ2n) is 4.98. The van der Waals surface area contributed by atoms with Crippen LogP contribution in [0.1, 0.15) is 12.5 Å². The Kier molecular flexibility index (Phi) is 4.28. The summed E-state index contributed by atoms with van der Waals surface area (Å²) in [5.74, 6) is -2.24. The maximum Gasteiger partial charge on any atom is 0.209 e. The number of ether oxygens (including phenoxy) is 1. The minimum Gasteiger partial charge on any atom is -0.507 e. The second kappa shape index (κ2) is 5.99. The number of ketones is 2. The summed E-state index contributed by atoms with van der Waals surface area (Å²) in [6.07, 6.45) is 3.82. The SMILES string of the molecule is COC1=CC(=O)C(=C(O)C=Cc2ccccc2)C(=O)[C@]1(C)O. The second-order valence-corrected chi connectivity index (χ2v) is 4.98. The first-order valence-electron chi connectivity index (χ1n) is 6.62. The predicted molar refractivity (Wildman–Crippen MR) is 80.9 cm³/mol. The van der Waals surface area contributed by atoms with Gasteiger partial charge in [0.05, 0.1) is 7.11 Å². The number of aliphatic hydroxyl groups excluding tert-OH is 1. The van der Waals surface area contributed by atoms with Crippen LogP contribution in [0.15, 0.2) is 59.6 Å². The molecule has 0 aromatic heterocycles. The number of benzene rings is 1. The summed E-state index contributed by atoms with van der Waals surface area (Å²) >= 11 is 0. The molecule has 0 spiro atoms. The van der Waals surface area contributed by atoms with Crippen molar-refractivity contribution in [2.75, 3.05) is 7.11 Å². The fourth-order valence-corrected chi connectivity index (χ4v) is 2.12. The number of allylic oxidation sites excluding steroid dienone is 2. The van der Waals surface area contributed by atoms with Crippen molar-refractivity contribution in [1.29, 1.82) is 0 Å². The Hall–Kier alpha value is -2.66. The summed E-state index contributed by atoms with van der Waals surface area (Å²) in [6.45, 7) is 1.21. The van der Waals surface area contributed by atoms with Crippen molar-refractivity contribution in [2.45, 2.75) is 12.5 Å². The number of carbonyl (C=O) groups is 2. The molecule has 2 rings (SSSR count). The highest BCUT2D eigenvalue weighted by Gasteiger charge is 2.45. The lowest BCUT2D eigenvalue weighted by molar-refractivity contribution is -0.134. The molecule has 5 nitrogen and oxygen atoms in total. The number of hydrogen-bond acceptors (Lipinski definition) is 5. The summed E-state index contributed by atoms with van der Waals surface area (Å²) in [7, 11) is 1.25. The van der Waals surface area contributed by atoms with Crippen LogP contribution >= 0.6 is 0 Å². The molecule has 0 saturated carbocycles. The van der Waals surface area contributed by atoms with Gasteiger partial charge in [0.1, 0.15) is 17.1 Å². The van der Waals surface area contributed by atoms with Crippen molar-refractivity contribution >= 4 is 17.6 Å². The van der Waals surface area contributed by atoms with Gasteiger partial charge in [-0.1, -0.05) is 36.4 Å².